The molecule has 0 amide bonds. The highest BCUT2D eigenvalue weighted by atomic mass is 16.1. The van der Waals surface area contributed by atoms with Gasteiger partial charge in [-0.2, -0.15) is 0 Å². The van der Waals surface area contributed by atoms with E-state index >= 15 is 0 Å². The van der Waals surface area contributed by atoms with E-state index in [9.17, 15) is 4.79 Å². The Labute approximate surface area is 83.6 Å². The third-order valence-electron chi connectivity index (χ3n) is 1.92. The average Bonchev–Trinajstić information content (AvgIpc) is 2.18. The molecule has 0 saturated carbocycles. The van der Waals surface area contributed by atoms with Gasteiger partial charge in [-0.1, -0.05) is 24.3 Å². The molecule has 3 heteroatoms. The molecular formula is C11H14N2O. The third-order valence-corrected chi connectivity index (χ3v) is 1.92. The minimum atomic E-state index is 0.0627. The number of carbonyl (C=O) groups is 1. The highest BCUT2D eigenvalue weighted by Gasteiger charge is 1.99. The van der Waals surface area contributed by atoms with E-state index in [1.54, 1.807) is 32.3 Å². The number of hydrogen-bond acceptors (Lipinski definition) is 3. The van der Waals surface area contributed by atoms with Crippen LogP contribution in [-0.4, -0.2) is 12.8 Å². The molecule has 0 atom stereocenters. The van der Waals surface area contributed by atoms with Crippen LogP contribution in [-0.2, 0) is 0 Å². The molecule has 0 saturated heterocycles. The average molecular weight is 190 g/mol. The maximum Gasteiger partial charge on any atom is 0.159 e. The SMILES string of the molecule is CN/C=C(\N)c1ccc(C(C)=O)cc1. The molecule has 3 nitrogen and oxygen atoms in total. The van der Waals surface area contributed by atoms with Gasteiger partial charge in [0.25, 0.3) is 0 Å². The Balaban J connectivity index is 2.94. The standard InChI is InChI=1S/C11H14N2O/c1-8(14)9-3-5-10(6-4-9)11(12)7-13-2/h3-7,13H,12H2,1-2H3/b11-7-. The van der Waals surface area contributed by atoms with Crippen molar-refractivity contribution in [3.05, 3.63) is 41.6 Å². The smallest absolute Gasteiger partial charge is 0.159 e. The first-order valence-electron chi connectivity index (χ1n) is 4.39. The summed E-state index contributed by atoms with van der Waals surface area (Å²) in [6.45, 7) is 1.54. The fourth-order valence-corrected chi connectivity index (χ4v) is 1.14. The second-order valence-corrected chi connectivity index (χ2v) is 3.02. The van der Waals surface area contributed by atoms with Crippen LogP contribution in [0.1, 0.15) is 22.8 Å². The number of hydrogen-bond donors (Lipinski definition) is 2. The summed E-state index contributed by atoms with van der Waals surface area (Å²) in [7, 11) is 1.79. The van der Waals surface area contributed by atoms with Gasteiger partial charge in [-0.05, 0) is 12.5 Å². The second kappa shape index (κ2) is 4.46. The molecule has 74 valence electrons. The van der Waals surface area contributed by atoms with E-state index in [-0.39, 0.29) is 5.78 Å². The topological polar surface area (TPSA) is 55.1 Å². The van der Waals surface area contributed by atoms with Crippen molar-refractivity contribution in [2.75, 3.05) is 7.05 Å². The fraction of sp³-hybridized carbons (Fsp3) is 0.182. The van der Waals surface area contributed by atoms with Crippen molar-refractivity contribution in [2.24, 2.45) is 5.73 Å². The molecule has 14 heavy (non-hydrogen) atoms. The minimum absolute atomic E-state index is 0.0627. The van der Waals surface area contributed by atoms with Crippen molar-refractivity contribution in [1.29, 1.82) is 0 Å². The molecule has 0 spiro atoms. The van der Waals surface area contributed by atoms with Crippen LogP contribution in [0.5, 0.6) is 0 Å². The lowest BCUT2D eigenvalue weighted by molar-refractivity contribution is 0.101. The Morgan fingerprint density at radius 2 is 1.79 bits per heavy atom. The van der Waals surface area contributed by atoms with Crippen LogP contribution in [0.4, 0.5) is 0 Å². The molecule has 1 rings (SSSR count). The molecule has 0 aliphatic heterocycles. The van der Waals surface area contributed by atoms with Crippen LogP contribution < -0.4 is 11.1 Å². The van der Waals surface area contributed by atoms with Crippen LogP contribution in [0, 0.1) is 0 Å². The predicted molar refractivity (Wildman–Crippen MR) is 57.7 cm³/mol. The van der Waals surface area contributed by atoms with E-state index in [0.29, 0.717) is 11.3 Å². The Morgan fingerprint density at radius 1 is 1.29 bits per heavy atom. The normalized spacial score (nSPS) is 11.1. The van der Waals surface area contributed by atoms with Gasteiger partial charge < -0.3 is 11.1 Å². The summed E-state index contributed by atoms with van der Waals surface area (Å²) in [4.78, 5) is 11.0. The van der Waals surface area contributed by atoms with Gasteiger partial charge >= 0.3 is 0 Å². The molecule has 0 radical (unpaired) electrons. The summed E-state index contributed by atoms with van der Waals surface area (Å²) in [5, 5.41) is 2.85. The fourth-order valence-electron chi connectivity index (χ4n) is 1.14. The number of ketones is 1. The predicted octanol–water partition coefficient (Wildman–Crippen LogP) is 1.37. The van der Waals surface area contributed by atoms with Crippen molar-refractivity contribution in [2.45, 2.75) is 6.92 Å². The van der Waals surface area contributed by atoms with E-state index < -0.39 is 0 Å². The summed E-state index contributed by atoms with van der Waals surface area (Å²) in [5.41, 5.74) is 8.01. The zero-order chi connectivity index (χ0) is 10.6. The van der Waals surface area contributed by atoms with Crippen molar-refractivity contribution >= 4 is 11.5 Å². The minimum Gasteiger partial charge on any atom is -0.397 e. The second-order valence-electron chi connectivity index (χ2n) is 3.02. The van der Waals surface area contributed by atoms with Gasteiger partial charge in [0.2, 0.25) is 0 Å². The highest BCUT2D eigenvalue weighted by Crippen LogP contribution is 2.10. The largest absolute Gasteiger partial charge is 0.397 e. The molecule has 1 aromatic carbocycles. The molecule has 0 heterocycles. The number of nitrogens with one attached hydrogen (secondary N) is 1. The summed E-state index contributed by atoms with van der Waals surface area (Å²) in [5.74, 6) is 0.0627. The quantitative estimate of drug-likeness (QED) is 0.708. The van der Waals surface area contributed by atoms with Crippen LogP contribution in [0.2, 0.25) is 0 Å². The third kappa shape index (κ3) is 2.36. The molecule has 0 bridgehead atoms. The van der Waals surface area contributed by atoms with Crippen molar-refractivity contribution in [3.8, 4) is 0 Å². The van der Waals surface area contributed by atoms with Crippen LogP contribution in [0.25, 0.3) is 5.70 Å². The summed E-state index contributed by atoms with van der Waals surface area (Å²) >= 11 is 0. The van der Waals surface area contributed by atoms with Gasteiger partial charge in [0.1, 0.15) is 0 Å². The molecule has 1 aromatic rings. The van der Waals surface area contributed by atoms with Crippen LogP contribution >= 0.6 is 0 Å². The Morgan fingerprint density at radius 3 is 2.21 bits per heavy atom. The van der Waals surface area contributed by atoms with E-state index in [1.165, 1.54) is 0 Å². The number of nitrogens with two attached hydrogens (primary N) is 1. The van der Waals surface area contributed by atoms with Gasteiger partial charge in [0.05, 0.1) is 5.70 Å². The highest BCUT2D eigenvalue weighted by molar-refractivity contribution is 5.94. The van der Waals surface area contributed by atoms with E-state index in [2.05, 4.69) is 5.32 Å². The van der Waals surface area contributed by atoms with Gasteiger partial charge in [-0.15, -0.1) is 0 Å². The molecule has 0 fully saturated rings. The zero-order valence-electron chi connectivity index (χ0n) is 8.37. The van der Waals surface area contributed by atoms with Gasteiger partial charge in [0, 0.05) is 18.8 Å². The monoisotopic (exact) mass is 190 g/mol. The van der Waals surface area contributed by atoms with Crippen molar-refractivity contribution in [3.63, 3.8) is 0 Å². The van der Waals surface area contributed by atoms with Crippen LogP contribution in [0.15, 0.2) is 30.5 Å². The first-order valence-corrected chi connectivity index (χ1v) is 4.39. The summed E-state index contributed by atoms with van der Waals surface area (Å²) < 4.78 is 0. The lowest BCUT2D eigenvalue weighted by Crippen LogP contribution is -2.03. The van der Waals surface area contributed by atoms with E-state index in [0.717, 1.165) is 5.56 Å². The number of benzene rings is 1. The maximum atomic E-state index is 11.0. The van der Waals surface area contributed by atoms with Crippen molar-refractivity contribution < 1.29 is 4.79 Å². The Bertz CT molecular complexity index is 352. The van der Waals surface area contributed by atoms with Gasteiger partial charge in [0.15, 0.2) is 5.78 Å². The maximum absolute atomic E-state index is 11.0. The lowest BCUT2D eigenvalue weighted by Gasteiger charge is -2.02. The number of carbonyl (C=O) groups excluding carboxylic acids is 1. The summed E-state index contributed by atoms with van der Waals surface area (Å²) in [6.07, 6.45) is 1.71. The Kier molecular flexibility index (Phi) is 3.29. The molecule has 0 aromatic heterocycles. The van der Waals surface area contributed by atoms with Gasteiger partial charge in [-0.3, -0.25) is 4.79 Å². The number of Topliss-reactive ketones (excluding diaryl/α,β-unsaturated/α-hetero) is 1. The van der Waals surface area contributed by atoms with Crippen LogP contribution in [0.3, 0.4) is 0 Å². The van der Waals surface area contributed by atoms with Gasteiger partial charge in [-0.25, -0.2) is 0 Å². The first-order chi connectivity index (χ1) is 6.65. The first kappa shape index (κ1) is 10.3. The summed E-state index contributed by atoms with van der Waals surface area (Å²) in [6, 6.07) is 7.21. The molecule has 0 unspecified atom stereocenters. The Hall–Kier alpha value is -1.77. The molecule has 3 N–H and O–H groups in total. The van der Waals surface area contributed by atoms with Crippen molar-refractivity contribution in [1.82, 2.24) is 5.32 Å². The lowest BCUT2D eigenvalue weighted by atomic mass is 10.1. The molecular weight excluding hydrogens is 176 g/mol. The molecule has 0 aliphatic carbocycles. The van der Waals surface area contributed by atoms with E-state index in [1.807, 2.05) is 12.1 Å². The van der Waals surface area contributed by atoms with E-state index in [4.69, 9.17) is 5.73 Å². The molecule has 0 aliphatic rings. The zero-order valence-corrected chi connectivity index (χ0v) is 8.37. The number of rotatable bonds is 3.